The van der Waals surface area contributed by atoms with E-state index in [1.54, 1.807) is 36.5 Å². The molecule has 0 radical (unpaired) electrons. The fourth-order valence-corrected chi connectivity index (χ4v) is 4.33. The Kier molecular flexibility index (Phi) is 5.54. The smallest absolute Gasteiger partial charge is 0.270 e. The first-order chi connectivity index (χ1) is 13.0. The van der Waals surface area contributed by atoms with Crippen LogP contribution in [0.5, 0.6) is 0 Å². The molecule has 2 unspecified atom stereocenters. The van der Waals surface area contributed by atoms with Crippen LogP contribution in [-0.2, 0) is 4.79 Å². The van der Waals surface area contributed by atoms with Gasteiger partial charge in [0.1, 0.15) is 11.4 Å². The second-order valence-electron chi connectivity index (χ2n) is 7.45. The second kappa shape index (κ2) is 7.86. The van der Waals surface area contributed by atoms with Crippen molar-refractivity contribution in [2.45, 2.75) is 56.5 Å². The van der Waals surface area contributed by atoms with Gasteiger partial charge < -0.3 is 10.6 Å². The van der Waals surface area contributed by atoms with E-state index in [4.69, 9.17) is 0 Å². The number of hydrogen-bond donors (Lipinski definition) is 2. The van der Waals surface area contributed by atoms with Gasteiger partial charge in [0.05, 0.1) is 0 Å². The summed E-state index contributed by atoms with van der Waals surface area (Å²) in [5.41, 5.74) is 0.149. The summed E-state index contributed by atoms with van der Waals surface area (Å²) >= 11 is 0. The highest BCUT2D eigenvalue weighted by Gasteiger charge is 2.52. The molecule has 27 heavy (non-hydrogen) atoms. The number of rotatable bonds is 6. The summed E-state index contributed by atoms with van der Waals surface area (Å²) in [5.74, 6) is -0.363. The van der Waals surface area contributed by atoms with Crippen LogP contribution in [0.4, 0.5) is 0 Å². The lowest BCUT2D eigenvalue weighted by Crippen LogP contribution is -2.55. The van der Waals surface area contributed by atoms with Crippen molar-refractivity contribution in [2.75, 3.05) is 0 Å². The molecule has 1 heterocycles. The molecule has 2 bridgehead atoms. The molecule has 2 fully saturated rings. The number of hydrogen-bond acceptors (Lipinski definition) is 4. The zero-order valence-corrected chi connectivity index (χ0v) is 15.7. The van der Waals surface area contributed by atoms with Crippen LogP contribution >= 0.6 is 0 Å². The van der Waals surface area contributed by atoms with Gasteiger partial charge in [0.2, 0.25) is 0 Å². The van der Waals surface area contributed by atoms with Crippen LogP contribution in [-0.4, -0.2) is 34.6 Å². The van der Waals surface area contributed by atoms with Gasteiger partial charge in [0.15, 0.2) is 0 Å². The number of amides is 2. The number of nitrogens with zero attached hydrogens (tertiary/aromatic N) is 2. The Balaban J connectivity index is 1.71. The van der Waals surface area contributed by atoms with Gasteiger partial charge in [-0.2, -0.15) is 0 Å². The summed E-state index contributed by atoms with van der Waals surface area (Å²) in [4.78, 5) is 33.2. The maximum Gasteiger partial charge on any atom is 0.270 e. The summed E-state index contributed by atoms with van der Waals surface area (Å²) in [7, 11) is 0. The van der Waals surface area contributed by atoms with Gasteiger partial charge in [0, 0.05) is 17.3 Å². The molecular weight excluding hydrogens is 340 g/mol. The zero-order chi connectivity index (χ0) is 19.3. The molecule has 2 atom stereocenters. The van der Waals surface area contributed by atoms with E-state index in [2.05, 4.69) is 27.3 Å². The van der Waals surface area contributed by atoms with Crippen LogP contribution in [0.3, 0.4) is 0 Å². The van der Waals surface area contributed by atoms with Crippen molar-refractivity contribution in [3.63, 3.8) is 0 Å². The molecule has 2 aliphatic carbocycles. The SMILES string of the molecule is C=N/C(=C\C=C/C)C(=O)NC12CCCC(NC(=O)c3ccccn3)(CC1)C2. The number of carbonyl (C=O) groups excluding carboxylic acids is 2. The Morgan fingerprint density at radius 2 is 1.93 bits per heavy atom. The topological polar surface area (TPSA) is 83.5 Å². The minimum atomic E-state index is -0.299. The van der Waals surface area contributed by atoms with Crippen LogP contribution in [0.15, 0.2) is 53.3 Å². The van der Waals surface area contributed by atoms with Crippen molar-refractivity contribution in [1.29, 1.82) is 0 Å². The molecule has 0 spiro atoms. The van der Waals surface area contributed by atoms with Gasteiger partial charge in [-0.05, 0) is 70.4 Å². The minimum absolute atomic E-state index is 0.152. The van der Waals surface area contributed by atoms with E-state index < -0.39 is 0 Å². The average Bonchev–Trinajstić information content (AvgIpc) is 2.92. The molecule has 2 amide bonds. The number of fused-ring (bicyclic) bond motifs is 2. The maximum atomic E-state index is 12.6. The van der Waals surface area contributed by atoms with Crippen molar-refractivity contribution in [3.8, 4) is 0 Å². The van der Waals surface area contributed by atoms with Crippen LogP contribution in [0.2, 0.25) is 0 Å². The summed E-state index contributed by atoms with van der Waals surface area (Å²) in [6.07, 6.45) is 12.1. The minimum Gasteiger partial charge on any atom is -0.345 e. The van der Waals surface area contributed by atoms with E-state index >= 15 is 0 Å². The number of carbonyl (C=O) groups is 2. The molecule has 0 aromatic carbocycles. The number of pyridine rings is 1. The van der Waals surface area contributed by atoms with E-state index in [0.717, 1.165) is 38.5 Å². The third-order valence-electron chi connectivity index (χ3n) is 5.57. The normalized spacial score (nSPS) is 27.4. The monoisotopic (exact) mass is 366 g/mol. The summed E-state index contributed by atoms with van der Waals surface area (Å²) < 4.78 is 0. The first kappa shape index (κ1) is 19.0. The summed E-state index contributed by atoms with van der Waals surface area (Å²) in [6, 6.07) is 5.31. The lowest BCUT2D eigenvalue weighted by Gasteiger charge is -2.40. The molecule has 1 aromatic rings. The van der Waals surface area contributed by atoms with Gasteiger partial charge in [-0.15, -0.1) is 0 Å². The van der Waals surface area contributed by atoms with E-state index in [-0.39, 0.29) is 22.9 Å². The predicted molar refractivity (Wildman–Crippen MR) is 105 cm³/mol. The molecule has 6 heteroatoms. The fourth-order valence-electron chi connectivity index (χ4n) is 4.33. The van der Waals surface area contributed by atoms with E-state index in [9.17, 15) is 9.59 Å². The third-order valence-corrected chi connectivity index (χ3v) is 5.57. The van der Waals surface area contributed by atoms with Crippen LogP contribution in [0, 0.1) is 0 Å². The number of aliphatic imine (C=N–C) groups is 1. The molecule has 142 valence electrons. The number of nitrogens with one attached hydrogen (secondary N) is 2. The molecule has 0 saturated heterocycles. The lowest BCUT2D eigenvalue weighted by atomic mass is 9.78. The van der Waals surface area contributed by atoms with Gasteiger partial charge >= 0.3 is 0 Å². The maximum absolute atomic E-state index is 12.6. The van der Waals surface area contributed by atoms with Crippen molar-refractivity contribution < 1.29 is 9.59 Å². The van der Waals surface area contributed by atoms with Crippen molar-refractivity contribution in [1.82, 2.24) is 15.6 Å². The van der Waals surface area contributed by atoms with Crippen molar-refractivity contribution in [2.24, 2.45) is 4.99 Å². The molecular formula is C21H26N4O2. The van der Waals surface area contributed by atoms with Crippen LogP contribution in [0.25, 0.3) is 0 Å². The standard InChI is InChI=1S/C21H26N4O2/c1-3-4-8-16(22-2)18(26)24-20-10-7-11-21(15-20,13-12-20)25-19(27)17-9-5-6-14-23-17/h3-6,8-9,14H,2,7,10-13,15H2,1H3,(H,24,26)(H,25,27)/b4-3-,16-8-. The molecule has 6 nitrogen and oxygen atoms in total. The molecule has 2 N–H and O–H groups in total. The Morgan fingerprint density at radius 3 is 2.56 bits per heavy atom. The predicted octanol–water partition coefficient (Wildman–Crippen LogP) is 2.93. The summed E-state index contributed by atoms with van der Waals surface area (Å²) in [5, 5.41) is 6.38. The second-order valence-corrected chi connectivity index (χ2v) is 7.45. The molecule has 3 rings (SSSR count). The Hall–Kier alpha value is -2.76. The number of allylic oxidation sites excluding steroid dienone is 3. The van der Waals surface area contributed by atoms with Crippen molar-refractivity contribution >= 4 is 18.5 Å². The van der Waals surface area contributed by atoms with Gasteiger partial charge in [-0.25, -0.2) is 0 Å². The molecule has 2 saturated carbocycles. The largest absolute Gasteiger partial charge is 0.345 e. The Morgan fingerprint density at radius 1 is 1.19 bits per heavy atom. The van der Waals surface area contributed by atoms with Gasteiger partial charge in [-0.3, -0.25) is 19.6 Å². The van der Waals surface area contributed by atoms with Crippen molar-refractivity contribution in [3.05, 3.63) is 54.0 Å². The van der Waals surface area contributed by atoms with Crippen LogP contribution in [0.1, 0.15) is 55.9 Å². The number of aromatic nitrogens is 1. The molecule has 0 aliphatic heterocycles. The van der Waals surface area contributed by atoms with Gasteiger partial charge in [-0.1, -0.05) is 18.2 Å². The highest BCUT2D eigenvalue weighted by molar-refractivity contribution is 5.95. The fraction of sp³-hybridized carbons (Fsp3) is 0.429. The molecule has 1 aromatic heterocycles. The first-order valence-electron chi connectivity index (χ1n) is 9.37. The quantitative estimate of drug-likeness (QED) is 0.461. The highest BCUT2D eigenvalue weighted by atomic mass is 16.2. The third kappa shape index (κ3) is 4.15. The van der Waals surface area contributed by atoms with Crippen LogP contribution < -0.4 is 10.6 Å². The first-order valence-corrected chi connectivity index (χ1v) is 9.37. The highest BCUT2D eigenvalue weighted by Crippen LogP contribution is 2.48. The van der Waals surface area contributed by atoms with E-state index in [1.807, 2.05) is 13.0 Å². The Bertz CT molecular complexity index is 787. The zero-order valence-electron chi connectivity index (χ0n) is 15.7. The van der Waals surface area contributed by atoms with Gasteiger partial charge in [0.25, 0.3) is 11.8 Å². The molecule has 2 aliphatic rings. The summed E-state index contributed by atoms with van der Waals surface area (Å²) in [6.45, 7) is 5.38. The average molecular weight is 366 g/mol. The lowest BCUT2D eigenvalue weighted by molar-refractivity contribution is -0.119. The Labute approximate surface area is 159 Å². The van der Waals surface area contributed by atoms with E-state index in [1.165, 1.54) is 0 Å². The van der Waals surface area contributed by atoms with E-state index in [0.29, 0.717) is 11.4 Å².